The fourth-order valence-corrected chi connectivity index (χ4v) is 9.14. The van der Waals surface area contributed by atoms with Crippen molar-refractivity contribution in [3.8, 4) is 0 Å². The number of aliphatic hydroxyl groups is 1. The predicted molar refractivity (Wildman–Crippen MR) is 311 cm³/mol. The summed E-state index contributed by atoms with van der Waals surface area (Å²) in [4.78, 5) is 25.4. The number of quaternary nitrogens is 1. The number of phosphoric ester groups is 1. The van der Waals surface area contributed by atoms with E-state index in [1.807, 2.05) is 27.2 Å². The van der Waals surface area contributed by atoms with Gasteiger partial charge in [-0.3, -0.25) is 9.36 Å². The number of likely N-dealkylation sites (N-methyl/N-ethyl adjacent to an activating group) is 1. The molecule has 0 rings (SSSR count). The third kappa shape index (κ3) is 55.4. The normalized spacial score (nSPS) is 14.5. The van der Waals surface area contributed by atoms with Crippen LogP contribution >= 0.6 is 7.82 Å². The monoisotopic (exact) mass is 1030 g/mol. The number of amides is 1. The van der Waals surface area contributed by atoms with E-state index < -0.39 is 26.6 Å². The second-order valence-electron chi connectivity index (χ2n) is 21.3. The highest BCUT2D eigenvalue weighted by Gasteiger charge is 2.23. The summed E-state index contributed by atoms with van der Waals surface area (Å²) in [5.74, 6) is -0.212. The number of nitrogens with one attached hydrogen (secondary N) is 1. The molecular formula is C63H115N2O6P. The molecular weight excluding hydrogens is 912 g/mol. The summed E-state index contributed by atoms with van der Waals surface area (Å²) in [6, 6.07) is -0.909. The first-order chi connectivity index (χ1) is 35.0. The van der Waals surface area contributed by atoms with E-state index in [1.165, 1.54) is 161 Å². The van der Waals surface area contributed by atoms with Crippen LogP contribution in [0.1, 0.15) is 258 Å². The first-order valence-electron chi connectivity index (χ1n) is 29.9. The first-order valence-corrected chi connectivity index (χ1v) is 31.4. The van der Waals surface area contributed by atoms with Crippen LogP contribution in [0.15, 0.2) is 85.1 Å². The molecule has 0 aromatic heterocycles. The molecule has 0 aliphatic heterocycles. The SMILES string of the molecule is CC/C=C\C/C=C\C/C=C\C/C=C\CCCCCCCCCCCCCCCCCCCCCCCCCCCCC(=O)NC(COP(=O)([O-])OCC[N+](C)(C)C)C(O)/C=C/CC/C=C/CC/C=C/CCC. The third-order valence-corrected chi connectivity index (χ3v) is 14.0. The lowest BCUT2D eigenvalue weighted by Crippen LogP contribution is -2.45. The zero-order chi connectivity index (χ0) is 52.7. The highest BCUT2D eigenvalue weighted by molar-refractivity contribution is 7.45. The molecule has 0 radical (unpaired) electrons. The van der Waals surface area contributed by atoms with Gasteiger partial charge in [0, 0.05) is 6.42 Å². The number of hydrogen-bond donors (Lipinski definition) is 2. The van der Waals surface area contributed by atoms with Gasteiger partial charge in [0.05, 0.1) is 39.9 Å². The van der Waals surface area contributed by atoms with Crippen molar-refractivity contribution in [2.45, 2.75) is 270 Å². The Morgan fingerprint density at radius 3 is 1.28 bits per heavy atom. The molecule has 8 nitrogen and oxygen atoms in total. The van der Waals surface area contributed by atoms with E-state index in [1.54, 1.807) is 6.08 Å². The average Bonchev–Trinajstić information content (AvgIpc) is 3.34. The number of hydrogen-bond acceptors (Lipinski definition) is 6. The molecule has 0 fully saturated rings. The fraction of sp³-hybridized carbons (Fsp3) is 0.762. The smallest absolute Gasteiger partial charge is 0.268 e. The molecule has 0 aliphatic rings. The highest BCUT2D eigenvalue weighted by atomic mass is 31.2. The van der Waals surface area contributed by atoms with E-state index in [9.17, 15) is 19.4 Å². The summed E-state index contributed by atoms with van der Waals surface area (Å²) in [5.41, 5.74) is 0. The number of rotatable bonds is 54. The molecule has 1 amide bonds. The maximum Gasteiger partial charge on any atom is 0.268 e. The van der Waals surface area contributed by atoms with Gasteiger partial charge in [-0.05, 0) is 77.0 Å². The lowest BCUT2D eigenvalue weighted by molar-refractivity contribution is -0.870. The average molecular weight is 1030 g/mol. The number of carbonyl (C=O) groups excluding carboxylic acids is 1. The summed E-state index contributed by atoms with van der Waals surface area (Å²) in [6.07, 6.45) is 75.7. The van der Waals surface area contributed by atoms with Gasteiger partial charge in [-0.2, -0.15) is 0 Å². The van der Waals surface area contributed by atoms with E-state index >= 15 is 0 Å². The van der Waals surface area contributed by atoms with Gasteiger partial charge < -0.3 is 28.8 Å². The van der Waals surface area contributed by atoms with E-state index in [0.717, 1.165) is 77.0 Å². The van der Waals surface area contributed by atoms with Crippen LogP contribution in [0.4, 0.5) is 0 Å². The maximum atomic E-state index is 12.9. The molecule has 0 bridgehead atoms. The second kappa shape index (κ2) is 53.5. The molecule has 0 heterocycles. The van der Waals surface area contributed by atoms with Gasteiger partial charge in [0.2, 0.25) is 5.91 Å². The Morgan fingerprint density at radius 2 is 0.861 bits per heavy atom. The molecule has 418 valence electrons. The largest absolute Gasteiger partial charge is 0.756 e. The van der Waals surface area contributed by atoms with Gasteiger partial charge in [-0.25, -0.2) is 0 Å². The zero-order valence-corrected chi connectivity index (χ0v) is 48.5. The minimum atomic E-state index is -4.60. The second-order valence-corrected chi connectivity index (χ2v) is 22.7. The number of phosphoric acid groups is 1. The summed E-state index contributed by atoms with van der Waals surface area (Å²) in [5, 5.41) is 13.8. The van der Waals surface area contributed by atoms with Crippen molar-refractivity contribution in [1.29, 1.82) is 0 Å². The Balaban J connectivity index is 3.87. The quantitative estimate of drug-likeness (QED) is 0.0272. The first kappa shape index (κ1) is 69.7. The fourth-order valence-electron chi connectivity index (χ4n) is 8.42. The molecule has 72 heavy (non-hydrogen) atoms. The lowest BCUT2D eigenvalue weighted by atomic mass is 10.0. The Hall–Kier alpha value is -2.32. The van der Waals surface area contributed by atoms with Crippen molar-refractivity contribution >= 4 is 13.7 Å². The lowest BCUT2D eigenvalue weighted by Gasteiger charge is -2.29. The van der Waals surface area contributed by atoms with Crippen LogP contribution < -0.4 is 10.2 Å². The van der Waals surface area contributed by atoms with Crippen molar-refractivity contribution in [2.75, 3.05) is 40.9 Å². The maximum absolute atomic E-state index is 12.9. The molecule has 0 spiro atoms. The number of aliphatic hydroxyl groups excluding tert-OH is 1. The molecule has 0 aliphatic carbocycles. The summed E-state index contributed by atoms with van der Waals surface area (Å²) >= 11 is 0. The minimum absolute atomic E-state index is 0.0102. The van der Waals surface area contributed by atoms with E-state index in [0.29, 0.717) is 17.4 Å². The van der Waals surface area contributed by atoms with Gasteiger partial charge in [-0.1, -0.05) is 259 Å². The Kier molecular flexibility index (Phi) is 51.8. The van der Waals surface area contributed by atoms with Crippen molar-refractivity contribution in [2.24, 2.45) is 0 Å². The van der Waals surface area contributed by atoms with Crippen LogP contribution in [0.2, 0.25) is 0 Å². The Labute approximate surface area is 446 Å². The molecule has 0 saturated heterocycles. The standard InChI is InChI=1S/C63H115N2O6P/c1-6-8-10-12-14-16-18-19-20-21-22-23-24-25-26-27-28-29-30-31-32-33-34-35-36-37-38-39-40-41-42-43-44-45-47-49-51-53-55-57-63(67)64-61(60-71-72(68,69)70-59-58-65(3,4)5)62(66)56-54-52-50-48-46-17-15-13-11-9-7-2/h8,10-11,13-14,16,19-20,22-23,46,48,54,56,61-62,66H,6-7,9,12,15,17-18,21,24-45,47,49-53,55,57-60H2,1-5H3,(H-,64,67,68,69)/b10-8-,13-11+,16-14-,20-19-,23-22-,48-46+,56-54+. The Morgan fingerprint density at radius 1 is 0.500 bits per heavy atom. The van der Waals surface area contributed by atoms with Gasteiger partial charge in [-0.15, -0.1) is 0 Å². The van der Waals surface area contributed by atoms with Crippen molar-refractivity contribution in [3.63, 3.8) is 0 Å². The predicted octanol–water partition coefficient (Wildman–Crippen LogP) is 17.8. The van der Waals surface area contributed by atoms with Crippen molar-refractivity contribution < 1.29 is 32.9 Å². The molecule has 3 unspecified atom stereocenters. The molecule has 0 aromatic rings. The minimum Gasteiger partial charge on any atom is -0.756 e. The number of nitrogens with zero attached hydrogens (tertiary/aromatic N) is 1. The topological polar surface area (TPSA) is 108 Å². The summed E-state index contributed by atoms with van der Waals surface area (Å²) in [7, 11) is 1.23. The molecule has 0 aromatic carbocycles. The van der Waals surface area contributed by atoms with Crippen LogP contribution in [0.25, 0.3) is 0 Å². The van der Waals surface area contributed by atoms with Crippen LogP contribution in [0, 0.1) is 0 Å². The van der Waals surface area contributed by atoms with Crippen LogP contribution in [0.5, 0.6) is 0 Å². The number of unbranched alkanes of at least 4 members (excludes halogenated alkanes) is 29. The molecule has 0 saturated carbocycles. The van der Waals surface area contributed by atoms with Gasteiger partial charge in [0.1, 0.15) is 13.2 Å². The summed E-state index contributed by atoms with van der Waals surface area (Å²) in [6.45, 7) is 4.43. The van der Waals surface area contributed by atoms with Gasteiger partial charge in [0.25, 0.3) is 7.82 Å². The van der Waals surface area contributed by atoms with Gasteiger partial charge >= 0.3 is 0 Å². The molecule has 9 heteroatoms. The van der Waals surface area contributed by atoms with Gasteiger partial charge in [0.15, 0.2) is 0 Å². The molecule has 3 atom stereocenters. The highest BCUT2D eigenvalue weighted by Crippen LogP contribution is 2.38. The van der Waals surface area contributed by atoms with Crippen LogP contribution in [-0.4, -0.2) is 68.5 Å². The molecule has 2 N–H and O–H groups in total. The van der Waals surface area contributed by atoms with Crippen molar-refractivity contribution in [1.82, 2.24) is 5.32 Å². The van der Waals surface area contributed by atoms with E-state index in [4.69, 9.17) is 9.05 Å². The number of carbonyl (C=O) groups is 1. The third-order valence-electron chi connectivity index (χ3n) is 13.0. The van der Waals surface area contributed by atoms with E-state index in [-0.39, 0.29) is 12.5 Å². The van der Waals surface area contributed by atoms with Crippen molar-refractivity contribution in [3.05, 3.63) is 85.1 Å². The summed E-state index contributed by atoms with van der Waals surface area (Å²) < 4.78 is 23.2. The van der Waals surface area contributed by atoms with Crippen LogP contribution in [0.3, 0.4) is 0 Å². The van der Waals surface area contributed by atoms with Crippen LogP contribution in [-0.2, 0) is 18.4 Å². The van der Waals surface area contributed by atoms with E-state index in [2.05, 4.69) is 92.1 Å². The number of allylic oxidation sites excluding steroid dienone is 13. The zero-order valence-electron chi connectivity index (χ0n) is 47.6. The Bertz CT molecular complexity index is 1450.